The van der Waals surface area contributed by atoms with Crippen LogP contribution in [0.2, 0.25) is 10.3 Å². The van der Waals surface area contributed by atoms with Crippen LogP contribution in [-0.4, -0.2) is 32.3 Å². The molecule has 0 radical (unpaired) electrons. The summed E-state index contributed by atoms with van der Waals surface area (Å²) >= 11 is 11.4. The number of benzene rings is 1. The monoisotopic (exact) mass is 327 g/mol. The highest BCUT2D eigenvalue weighted by atomic mass is 35.5. The number of hydrogen-bond acceptors (Lipinski definition) is 5. The maximum absolute atomic E-state index is 12.0. The molecule has 2 aromatic rings. The summed E-state index contributed by atoms with van der Waals surface area (Å²) in [6.07, 6.45) is 0. The minimum Gasteiger partial charge on any atom is -0.507 e. The van der Waals surface area contributed by atoms with Crippen LogP contribution in [-0.2, 0) is 0 Å². The molecule has 0 aliphatic carbocycles. The van der Waals surface area contributed by atoms with Gasteiger partial charge >= 0.3 is 5.97 Å². The molecule has 7 nitrogen and oxygen atoms in total. The summed E-state index contributed by atoms with van der Waals surface area (Å²) in [6.45, 7) is 0. The highest BCUT2D eigenvalue weighted by Crippen LogP contribution is 2.23. The molecule has 0 bridgehead atoms. The van der Waals surface area contributed by atoms with E-state index in [-0.39, 0.29) is 27.1 Å². The maximum atomic E-state index is 12.0. The van der Waals surface area contributed by atoms with E-state index < -0.39 is 17.6 Å². The predicted octanol–water partition coefficient (Wildman–Crippen LogP) is 2.44. The molecule has 1 heterocycles. The van der Waals surface area contributed by atoms with Crippen LogP contribution in [0.1, 0.15) is 20.7 Å². The molecule has 1 amide bonds. The molecule has 0 aliphatic rings. The first-order valence-electron chi connectivity index (χ1n) is 5.45. The van der Waals surface area contributed by atoms with E-state index in [0.29, 0.717) is 0 Å². The van der Waals surface area contributed by atoms with E-state index in [1.54, 1.807) is 0 Å². The van der Waals surface area contributed by atoms with Crippen molar-refractivity contribution in [3.05, 3.63) is 45.7 Å². The molecule has 0 fully saturated rings. The zero-order valence-corrected chi connectivity index (χ0v) is 11.7. The van der Waals surface area contributed by atoms with E-state index >= 15 is 0 Å². The molecular formula is C12H7Cl2N3O4. The number of halogens is 2. The van der Waals surface area contributed by atoms with Crippen LogP contribution in [0.4, 0.5) is 5.69 Å². The third-order valence-corrected chi connectivity index (χ3v) is 2.91. The first-order valence-corrected chi connectivity index (χ1v) is 6.20. The van der Waals surface area contributed by atoms with Crippen molar-refractivity contribution in [2.75, 3.05) is 5.32 Å². The van der Waals surface area contributed by atoms with Gasteiger partial charge in [-0.2, -0.15) is 0 Å². The van der Waals surface area contributed by atoms with Crippen LogP contribution in [0.3, 0.4) is 0 Å². The lowest BCUT2D eigenvalue weighted by Crippen LogP contribution is -2.13. The van der Waals surface area contributed by atoms with Gasteiger partial charge in [-0.05, 0) is 18.2 Å². The zero-order valence-electron chi connectivity index (χ0n) is 10.2. The average molecular weight is 328 g/mol. The predicted molar refractivity (Wildman–Crippen MR) is 75.1 cm³/mol. The van der Waals surface area contributed by atoms with Crippen molar-refractivity contribution >= 4 is 40.8 Å². The Bertz CT molecular complexity index is 736. The van der Waals surface area contributed by atoms with Crippen LogP contribution in [0.5, 0.6) is 5.75 Å². The van der Waals surface area contributed by atoms with Crippen LogP contribution < -0.4 is 5.32 Å². The molecule has 108 valence electrons. The van der Waals surface area contributed by atoms with E-state index in [4.69, 9.17) is 28.3 Å². The van der Waals surface area contributed by atoms with Crippen LogP contribution in [0, 0.1) is 0 Å². The van der Waals surface area contributed by atoms with Gasteiger partial charge in [0.25, 0.3) is 5.91 Å². The van der Waals surface area contributed by atoms with E-state index in [1.165, 1.54) is 12.1 Å². The molecular weight excluding hydrogens is 321 g/mol. The molecule has 0 aliphatic heterocycles. The molecule has 1 aromatic heterocycles. The Labute approximate surface area is 128 Å². The van der Waals surface area contributed by atoms with Crippen molar-refractivity contribution < 1.29 is 19.8 Å². The van der Waals surface area contributed by atoms with E-state index in [9.17, 15) is 14.7 Å². The molecule has 0 atom stereocenters. The van der Waals surface area contributed by atoms with Crippen LogP contribution in [0.25, 0.3) is 0 Å². The minimum absolute atomic E-state index is 0.00142. The number of aromatic carboxylic acids is 1. The summed E-state index contributed by atoms with van der Waals surface area (Å²) < 4.78 is 0. The largest absolute Gasteiger partial charge is 0.507 e. The highest BCUT2D eigenvalue weighted by molar-refractivity contribution is 6.34. The summed E-state index contributed by atoms with van der Waals surface area (Å²) in [5, 5.41) is 27.6. The van der Waals surface area contributed by atoms with Gasteiger partial charge in [0, 0.05) is 11.8 Å². The molecule has 21 heavy (non-hydrogen) atoms. The lowest BCUT2D eigenvalue weighted by Gasteiger charge is -2.07. The number of carbonyl (C=O) groups is 2. The van der Waals surface area contributed by atoms with Gasteiger partial charge in [-0.3, -0.25) is 4.79 Å². The number of nitrogens with one attached hydrogen (secondary N) is 1. The molecule has 1 aromatic carbocycles. The summed E-state index contributed by atoms with van der Waals surface area (Å²) in [5.41, 5.74) is -0.0929. The van der Waals surface area contributed by atoms with Gasteiger partial charge in [0.15, 0.2) is 10.3 Å². The summed E-state index contributed by atoms with van der Waals surface area (Å²) in [7, 11) is 0. The van der Waals surface area contributed by atoms with Crippen molar-refractivity contribution in [1.82, 2.24) is 10.2 Å². The number of anilines is 1. The standard InChI is InChI=1S/C12H7Cl2N3O4/c13-9-4-7(10(14)17-16-9)11(19)15-5-1-2-6(12(20)21)8(18)3-5/h1-4,18H,(H,15,19)(H,20,21). The van der Waals surface area contributed by atoms with Crippen molar-refractivity contribution in [3.63, 3.8) is 0 Å². The second kappa shape index (κ2) is 5.94. The Balaban J connectivity index is 2.26. The Hall–Kier alpha value is -2.38. The molecule has 9 heteroatoms. The number of rotatable bonds is 3. The second-order valence-corrected chi connectivity index (χ2v) is 4.61. The van der Waals surface area contributed by atoms with Gasteiger partial charge in [0.1, 0.15) is 11.3 Å². The minimum atomic E-state index is -1.28. The first-order chi connectivity index (χ1) is 9.88. The van der Waals surface area contributed by atoms with Gasteiger partial charge in [-0.15, -0.1) is 10.2 Å². The molecule has 0 saturated heterocycles. The number of amides is 1. The van der Waals surface area contributed by atoms with E-state index in [0.717, 1.165) is 12.1 Å². The van der Waals surface area contributed by atoms with Crippen molar-refractivity contribution in [2.45, 2.75) is 0 Å². The fourth-order valence-corrected chi connectivity index (χ4v) is 1.83. The number of phenols is 1. The molecule has 0 spiro atoms. The maximum Gasteiger partial charge on any atom is 0.339 e. The summed E-state index contributed by atoms with van der Waals surface area (Å²) in [4.78, 5) is 22.8. The number of carboxylic acid groups (broad SMARTS) is 1. The number of nitrogens with zero attached hydrogens (tertiary/aromatic N) is 2. The molecule has 0 unspecified atom stereocenters. The summed E-state index contributed by atoms with van der Waals surface area (Å²) in [6, 6.07) is 4.82. The van der Waals surface area contributed by atoms with Crippen LogP contribution in [0.15, 0.2) is 24.3 Å². The average Bonchev–Trinajstić information content (AvgIpc) is 2.41. The van der Waals surface area contributed by atoms with Gasteiger partial charge in [-0.25, -0.2) is 4.79 Å². The van der Waals surface area contributed by atoms with Gasteiger partial charge < -0.3 is 15.5 Å². The zero-order chi connectivity index (χ0) is 15.6. The van der Waals surface area contributed by atoms with E-state index in [1.807, 2.05) is 0 Å². The third-order valence-electron chi connectivity index (χ3n) is 2.45. The third kappa shape index (κ3) is 3.39. The fourth-order valence-electron chi connectivity index (χ4n) is 1.50. The lowest BCUT2D eigenvalue weighted by molar-refractivity contribution is 0.0693. The Morgan fingerprint density at radius 3 is 2.43 bits per heavy atom. The second-order valence-electron chi connectivity index (χ2n) is 3.86. The van der Waals surface area contributed by atoms with Crippen molar-refractivity contribution in [2.24, 2.45) is 0 Å². The van der Waals surface area contributed by atoms with Gasteiger partial charge in [0.05, 0.1) is 5.56 Å². The SMILES string of the molecule is O=C(O)c1ccc(NC(=O)c2cc(Cl)nnc2Cl)cc1O. The van der Waals surface area contributed by atoms with E-state index in [2.05, 4.69) is 15.5 Å². The lowest BCUT2D eigenvalue weighted by atomic mass is 10.1. The fraction of sp³-hybridized carbons (Fsp3) is 0. The Morgan fingerprint density at radius 1 is 1.10 bits per heavy atom. The van der Waals surface area contributed by atoms with Gasteiger partial charge in [0.2, 0.25) is 0 Å². The van der Waals surface area contributed by atoms with Crippen LogP contribution >= 0.6 is 23.2 Å². The van der Waals surface area contributed by atoms with Crippen molar-refractivity contribution in [3.8, 4) is 5.75 Å². The normalized spacial score (nSPS) is 10.2. The number of hydrogen-bond donors (Lipinski definition) is 3. The quantitative estimate of drug-likeness (QED) is 0.798. The number of carbonyl (C=O) groups excluding carboxylic acids is 1. The van der Waals surface area contributed by atoms with Crippen molar-refractivity contribution in [1.29, 1.82) is 0 Å². The topological polar surface area (TPSA) is 112 Å². The number of aromatic nitrogens is 2. The number of carboxylic acids is 1. The smallest absolute Gasteiger partial charge is 0.339 e. The number of aromatic hydroxyl groups is 1. The Kier molecular flexibility index (Phi) is 4.25. The summed E-state index contributed by atoms with van der Waals surface area (Å²) in [5.74, 6) is -2.38. The first kappa shape index (κ1) is 15.0. The molecule has 2 rings (SSSR count). The molecule has 0 saturated carbocycles. The highest BCUT2D eigenvalue weighted by Gasteiger charge is 2.15. The molecule has 3 N–H and O–H groups in total. The van der Waals surface area contributed by atoms with Gasteiger partial charge in [-0.1, -0.05) is 23.2 Å². The Morgan fingerprint density at radius 2 is 1.81 bits per heavy atom.